The Bertz CT molecular complexity index is 1210. The van der Waals surface area contributed by atoms with Gasteiger partial charge in [-0.25, -0.2) is 8.97 Å². The van der Waals surface area contributed by atoms with Crippen molar-refractivity contribution in [1.82, 2.24) is 4.58 Å². The second kappa shape index (κ2) is 10.8. The Labute approximate surface area is 194 Å². The van der Waals surface area contributed by atoms with Crippen LogP contribution < -0.4 is 19.9 Å². The van der Waals surface area contributed by atoms with Gasteiger partial charge >= 0.3 is 6.18 Å². The number of rotatable bonds is 5. The number of fused-ring (bicyclic) bond motifs is 2. The van der Waals surface area contributed by atoms with Crippen LogP contribution in [0.2, 0.25) is 0 Å². The van der Waals surface area contributed by atoms with Crippen molar-refractivity contribution in [1.29, 1.82) is 0 Å². The molecule has 0 saturated carbocycles. The summed E-state index contributed by atoms with van der Waals surface area (Å²) in [6.45, 7) is 12.7. The van der Waals surface area contributed by atoms with Gasteiger partial charge in [-0.2, -0.15) is 17.6 Å². The molecule has 3 rings (SSSR count). The van der Waals surface area contributed by atoms with E-state index in [0.717, 1.165) is 5.56 Å². The van der Waals surface area contributed by atoms with E-state index in [1.807, 2.05) is 44.1 Å². The molecule has 0 spiro atoms. The van der Waals surface area contributed by atoms with Crippen LogP contribution in [0.5, 0.6) is 0 Å². The summed E-state index contributed by atoms with van der Waals surface area (Å²) in [5.74, 6) is -2.97. The SMILES string of the molecule is CCN(CC)c1cc2oc3cc(=[N+](CC)CC)c(F)cc-3c(C)c2cc1F.O=C([O-])C(F)(F)F. The molecule has 1 aromatic carbocycles. The normalized spacial score (nSPS) is 11.4. The predicted octanol–water partition coefficient (Wildman–Crippen LogP) is 4.08. The van der Waals surface area contributed by atoms with Crippen LogP contribution in [0, 0.1) is 18.6 Å². The number of carbonyl (C=O) groups excluding carboxylic acids is 1. The first-order chi connectivity index (χ1) is 15.9. The quantitative estimate of drug-likeness (QED) is 0.310. The molecule has 0 aromatic heterocycles. The van der Waals surface area contributed by atoms with Gasteiger partial charge in [-0.15, -0.1) is 0 Å². The number of carbonyl (C=O) groups is 1. The van der Waals surface area contributed by atoms with Crippen molar-refractivity contribution in [2.75, 3.05) is 31.1 Å². The second-order valence-electron chi connectivity index (χ2n) is 7.46. The molecule has 0 amide bonds. The Balaban J connectivity index is 0.000000509. The number of hydrogen-bond donors (Lipinski definition) is 0. The van der Waals surface area contributed by atoms with Crippen molar-refractivity contribution >= 4 is 22.6 Å². The monoisotopic (exact) mass is 486 g/mol. The fourth-order valence-electron chi connectivity index (χ4n) is 3.72. The van der Waals surface area contributed by atoms with Crippen LogP contribution in [-0.2, 0) is 4.79 Å². The van der Waals surface area contributed by atoms with E-state index in [4.69, 9.17) is 14.3 Å². The summed E-state index contributed by atoms with van der Waals surface area (Å²) in [6, 6.07) is 6.50. The van der Waals surface area contributed by atoms with Crippen molar-refractivity contribution in [3.8, 4) is 11.3 Å². The third-order valence-corrected chi connectivity index (χ3v) is 5.57. The number of nitrogens with zero attached hydrogens (tertiary/aromatic N) is 2. The molecule has 34 heavy (non-hydrogen) atoms. The first-order valence-corrected chi connectivity index (χ1v) is 10.9. The summed E-state index contributed by atoms with van der Waals surface area (Å²) >= 11 is 0. The Kier molecular flexibility index (Phi) is 8.63. The molecule has 10 heteroatoms. The van der Waals surface area contributed by atoms with Gasteiger partial charge in [0.15, 0.2) is 5.82 Å². The maximum absolute atomic E-state index is 14.7. The minimum atomic E-state index is -5.19. The van der Waals surface area contributed by atoms with Crippen molar-refractivity contribution < 1.29 is 36.3 Å². The highest BCUT2D eigenvalue weighted by Gasteiger charge is 2.28. The number of benzene rings is 2. The van der Waals surface area contributed by atoms with Crippen LogP contribution >= 0.6 is 0 Å². The Morgan fingerprint density at radius 2 is 1.56 bits per heavy atom. The zero-order valence-corrected chi connectivity index (χ0v) is 19.6. The highest BCUT2D eigenvalue weighted by Crippen LogP contribution is 2.35. The summed E-state index contributed by atoms with van der Waals surface area (Å²) < 4.78 is 69.0. The van der Waals surface area contributed by atoms with Gasteiger partial charge < -0.3 is 19.2 Å². The number of alkyl halides is 3. The third-order valence-electron chi connectivity index (χ3n) is 5.57. The maximum Gasteiger partial charge on any atom is 0.430 e. The first kappa shape index (κ1) is 27.1. The van der Waals surface area contributed by atoms with E-state index in [0.29, 0.717) is 59.5 Å². The van der Waals surface area contributed by atoms with Crippen molar-refractivity contribution in [3.05, 3.63) is 46.8 Å². The molecule has 0 unspecified atom stereocenters. The Morgan fingerprint density at radius 1 is 1.00 bits per heavy atom. The summed E-state index contributed by atoms with van der Waals surface area (Å²) in [4.78, 5) is 10.7. The zero-order valence-electron chi connectivity index (χ0n) is 19.6. The van der Waals surface area contributed by atoms with E-state index in [9.17, 15) is 22.0 Å². The van der Waals surface area contributed by atoms with Crippen molar-refractivity contribution in [2.45, 2.75) is 40.8 Å². The van der Waals surface area contributed by atoms with Crippen molar-refractivity contribution in [2.24, 2.45) is 0 Å². The molecule has 186 valence electrons. The van der Waals surface area contributed by atoms with Crippen LogP contribution in [0.1, 0.15) is 33.3 Å². The van der Waals surface area contributed by atoms with Gasteiger partial charge in [0.2, 0.25) is 5.36 Å². The van der Waals surface area contributed by atoms with E-state index in [-0.39, 0.29) is 11.6 Å². The minimum Gasteiger partial charge on any atom is -0.542 e. The van der Waals surface area contributed by atoms with Crippen molar-refractivity contribution in [3.63, 3.8) is 0 Å². The summed E-state index contributed by atoms with van der Waals surface area (Å²) in [6.07, 6.45) is -5.19. The van der Waals surface area contributed by atoms with E-state index < -0.39 is 12.1 Å². The van der Waals surface area contributed by atoms with Crippen LogP contribution in [-0.4, -0.2) is 38.3 Å². The lowest BCUT2D eigenvalue weighted by molar-refractivity contribution is -0.344. The highest BCUT2D eigenvalue weighted by atomic mass is 19.4. The number of anilines is 1. The molecule has 0 saturated heterocycles. The summed E-state index contributed by atoms with van der Waals surface area (Å²) in [5, 5.41) is 9.99. The standard InChI is InChI=1S/C22H27F2N2O.C2HF3O2/c1-6-25(7-2)19-12-21-15(10-17(19)23)14(5)16-11-18(24)20(13-22(16)27-21)26(8-3)9-4;3-2(4,5)1(6)7/h10-13H,6-9H2,1-5H3;(H,6,7)/q+1;/p-1. The molecule has 1 aromatic rings. The topological polar surface area (TPSA) is 59.5 Å². The van der Waals surface area contributed by atoms with Gasteiger partial charge in [0.1, 0.15) is 36.2 Å². The predicted molar refractivity (Wildman–Crippen MR) is 118 cm³/mol. The number of hydrogen-bond acceptors (Lipinski definition) is 4. The molecule has 1 aliphatic heterocycles. The molecular formula is C24H27F5N2O3. The second-order valence-corrected chi connectivity index (χ2v) is 7.46. The number of halogens is 5. The smallest absolute Gasteiger partial charge is 0.430 e. The van der Waals surface area contributed by atoms with Gasteiger partial charge in [-0.05, 0) is 52.3 Å². The molecule has 0 bridgehead atoms. The van der Waals surface area contributed by atoms with Crippen LogP contribution in [0.4, 0.5) is 27.6 Å². The van der Waals surface area contributed by atoms with Crippen LogP contribution in [0.15, 0.2) is 28.7 Å². The molecule has 1 heterocycles. The van der Waals surface area contributed by atoms with E-state index >= 15 is 0 Å². The third kappa shape index (κ3) is 5.66. The number of aliphatic carboxylic acids is 1. The summed E-state index contributed by atoms with van der Waals surface area (Å²) in [5.41, 5.74) is 2.63. The number of carboxylic acid groups (broad SMARTS) is 1. The summed E-state index contributed by atoms with van der Waals surface area (Å²) in [7, 11) is 0. The molecule has 1 aliphatic carbocycles. The lowest BCUT2D eigenvalue weighted by Crippen LogP contribution is -2.37. The Hall–Kier alpha value is -3.17. The molecule has 0 atom stereocenters. The van der Waals surface area contributed by atoms with Gasteiger partial charge in [0.25, 0.3) is 0 Å². The zero-order chi connectivity index (χ0) is 25.8. The minimum absolute atomic E-state index is 0.288. The molecule has 5 nitrogen and oxygen atoms in total. The molecular weight excluding hydrogens is 459 g/mol. The average Bonchev–Trinajstić information content (AvgIpc) is 2.77. The molecule has 0 fully saturated rings. The highest BCUT2D eigenvalue weighted by molar-refractivity contribution is 5.90. The van der Waals surface area contributed by atoms with E-state index in [1.54, 1.807) is 12.1 Å². The fraction of sp³-hybridized carbons (Fsp3) is 0.417. The van der Waals surface area contributed by atoms with Gasteiger partial charge in [-0.1, -0.05) is 0 Å². The number of aryl methyl sites for hydroxylation is 1. The Morgan fingerprint density at radius 3 is 2.03 bits per heavy atom. The van der Waals surface area contributed by atoms with E-state index in [1.165, 1.54) is 12.1 Å². The van der Waals surface area contributed by atoms with Crippen LogP contribution in [0.25, 0.3) is 22.3 Å². The number of carboxylic acids is 1. The largest absolute Gasteiger partial charge is 0.542 e. The first-order valence-electron chi connectivity index (χ1n) is 10.9. The molecule has 0 N–H and O–H groups in total. The van der Waals surface area contributed by atoms with Gasteiger partial charge in [0.05, 0.1) is 11.8 Å². The van der Waals surface area contributed by atoms with Crippen LogP contribution in [0.3, 0.4) is 0 Å². The van der Waals surface area contributed by atoms with Gasteiger partial charge in [0, 0.05) is 30.1 Å². The lowest BCUT2D eigenvalue weighted by Gasteiger charge is -2.22. The average molecular weight is 486 g/mol. The fourth-order valence-corrected chi connectivity index (χ4v) is 3.72. The lowest BCUT2D eigenvalue weighted by atomic mass is 10.00. The van der Waals surface area contributed by atoms with E-state index in [2.05, 4.69) is 0 Å². The molecule has 0 radical (unpaired) electrons. The van der Waals surface area contributed by atoms with Gasteiger partial charge in [-0.3, -0.25) is 0 Å². The molecule has 2 aliphatic rings. The maximum atomic E-state index is 14.7.